The fourth-order valence-electron chi connectivity index (χ4n) is 2.51. The summed E-state index contributed by atoms with van der Waals surface area (Å²) < 4.78 is 23.3. The Morgan fingerprint density at radius 1 is 1.17 bits per heavy atom. The number of rotatable bonds is 3. The highest BCUT2D eigenvalue weighted by Gasteiger charge is 2.36. The number of hydrogen-bond acceptors (Lipinski definition) is 6. The number of sulfonamides is 1. The Morgan fingerprint density at radius 3 is 2.54 bits per heavy atom. The molecule has 1 aliphatic heterocycles. The van der Waals surface area contributed by atoms with Crippen molar-refractivity contribution in [2.45, 2.75) is 6.17 Å². The van der Waals surface area contributed by atoms with E-state index < -0.39 is 22.1 Å². The second kappa shape index (κ2) is 5.69. The topological polar surface area (TPSA) is 119 Å². The molecule has 2 aromatic rings. The largest absolute Gasteiger partial charge is 0.508 e. The maximum absolute atomic E-state index is 12.7. The molecule has 0 radical (unpaired) electrons. The first-order chi connectivity index (χ1) is 11.3. The summed E-state index contributed by atoms with van der Waals surface area (Å²) in [5.41, 5.74) is 1.03. The van der Waals surface area contributed by atoms with E-state index in [0.29, 0.717) is 11.3 Å². The van der Waals surface area contributed by atoms with Gasteiger partial charge in [0.05, 0.1) is 11.8 Å². The van der Waals surface area contributed by atoms with Crippen LogP contribution in [-0.4, -0.2) is 35.8 Å². The second-order valence-electron chi connectivity index (χ2n) is 5.37. The third-order valence-corrected chi connectivity index (χ3v) is 4.03. The Hall–Kier alpha value is -2.78. The van der Waals surface area contributed by atoms with Gasteiger partial charge in [0.2, 0.25) is 10.0 Å². The van der Waals surface area contributed by atoms with Gasteiger partial charge in [0.15, 0.2) is 0 Å². The summed E-state index contributed by atoms with van der Waals surface area (Å²) in [7, 11) is -3.74. The summed E-state index contributed by atoms with van der Waals surface area (Å²) >= 11 is 0. The molecule has 1 heterocycles. The number of aromatic hydroxyl groups is 2. The smallest absolute Gasteiger partial charge is 0.273 e. The first-order valence-corrected chi connectivity index (χ1v) is 8.84. The molecule has 0 saturated heterocycles. The summed E-state index contributed by atoms with van der Waals surface area (Å²) in [4.78, 5) is 14.8. The molecule has 0 aliphatic carbocycles. The van der Waals surface area contributed by atoms with Crippen molar-refractivity contribution in [3.05, 3.63) is 53.6 Å². The van der Waals surface area contributed by atoms with Crippen molar-refractivity contribution in [1.29, 1.82) is 0 Å². The molecule has 0 unspecified atom stereocenters. The van der Waals surface area contributed by atoms with Crippen LogP contribution in [0.1, 0.15) is 22.1 Å². The van der Waals surface area contributed by atoms with Crippen LogP contribution in [-0.2, 0) is 10.0 Å². The molecule has 4 N–H and O–H groups in total. The van der Waals surface area contributed by atoms with Gasteiger partial charge in [0.1, 0.15) is 17.7 Å². The lowest BCUT2D eigenvalue weighted by atomic mass is 10.0. The van der Waals surface area contributed by atoms with Gasteiger partial charge in [-0.3, -0.25) is 4.79 Å². The Kier molecular flexibility index (Phi) is 3.82. The van der Waals surface area contributed by atoms with Gasteiger partial charge in [-0.1, -0.05) is 12.1 Å². The first-order valence-electron chi connectivity index (χ1n) is 6.95. The molecule has 0 spiro atoms. The van der Waals surface area contributed by atoms with Crippen molar-refractivity contribution in [2.24, 2.45) is 0 Å². The molecular formula is C15H15N3O5S. The zero-order valence-corrected chi connectivity index (χ0v) is 13.4. The number of carbonyl (C=O) groups excluding carboxylic acids is 1. The number of amides is 1. The lowest BCUT2D eigenvalue weighted by molar-refractivity contribution is 0.0631. The molecule has 0 bridgehead atoms. The summed E-state index contributed by atoms with van der Waals surface area (Å²) in [5, 5.41) is 23.4. The van der Waals surface area contributed by atoms with E-state index in [-0.39, 0.29) is 17.1 Å². The van der Waals surface area contributed by atoms with E-state index in [4.69, 9.17) is 0 Å². The number of hydrazine groups is 1. The van der Waals surface area contributed by atoms with Gasteiger partial charge in [-0.15, -0.1) is 4.83 Å². The maximum atomic E-state index is 12.7. The number of para-hydroxylation sites is 1. The molecule has 8 nitrogen and oxygen atoms in total. The Morgan fingerprint density at radius 2 is 1.88 bits per heavy atom. The molecule has 1 amide bonds. The maximum Gasteiger partial charge on any atom is 0.273 e. The molecule has 0 fully saturated rings. The molecule has 0 saturated carbocycles. The number of benzene rings is 2. The van der Waals surface area contributed by atoms with Gasteiger partial charge >= 0.3 is 0 Å². The quantitative estimate of drug-likeness (QED) is 0.659. The van der Waals surface area contributed by atoms with Gasteiger partial charge in [-0.2, -0.15) is 0 Å². The molecular weight excluding hydrogens is 334 g/mol. The molecule has 0 aromatic heterocycles. The first kappa shape index (κ1) is 16.1. The van der Waals surface area contributed by atoms with Crippen LogP contribution in [0.2, 0.25) is 0 Å². The molecule has 1 aliphatic rings. The van der Waals surface area contributed by atoms with Crippen molar-refractivity contribution in [3.8, 4) is 11.5 Å². The van der Waals surface area contributed by atoms with Crippen molar-refractivity contribution in [3.63, 3.8) is 0 Å². The second-order valence-corrected chi connectivity index (χ2v) is 7.10. The molecule has 3 rings (SSSR count). The van der Waals surface area contributed by atoms with Gasteiger partial charge in [0.25, 0.3) is 5.91 Å². The highest BCUT2D eigenvalue weighted by atomic mass is 32.2. The summed E-state index contributed by atoms with van der Waals surface area (Å²) in [6, 6.07) is 10.5. The van der Waals surface area contributed by atoms with Crippen molar-refractivity contribution >= 4 is 21.6 Å². The Balaban J connectivity index is 2.12. The average molecular weight is 349 g/mol. The number of carbonyl (C=O) groups is 1. The molecule has 9 heteroatoms. The number of hydrogen-bond donors (Lipinski definition) is 4. The van der Waals surface area contributed by atoms with Gasteiger partial charge in [0, 0.05) is 17.3 Å². The molecule has 2 aromatic carbocycles. The number of nitrogens with zero attached hydrogens (tertiary/aromatic N) is 1. The van der Waals surface area contributed by atoms with Gasteiger partial charge in [-0.05, 0) is 24.3 Å². The van der Waals surface area contributed by atoms with Crippen LogP contribution in [0, 0.1) is 0 Å². The predicted molar refractivity (Wildman–Crippen MR) is 86.7 cm³/mol. The van der Waals surface area contributed by atoms with Crippen LogP contribution in [0.5, 0.6) is 11.5 Å². The SMILES string of the molecule is CS(=O)(=O)NN1C(=O)c2ccccc2N[C@H]1c1ccc(O)cc1O. The lowest BCUT2D eigenvalue weighted by Gasteiger charge is -2.37. The summed E-state index contributed by atoms with van der Waals surface area (Å²) in [6.07, 6.45) is -0.0585. The normalized spacial score (nSPS) is 17.3. The van der Waals surface area contributed by atoms with E-state index in [1.165, 1.54) is 12.1 Å². The van der Waals surface area contributed by atoms with Crippen molar-refractivity contribution in [2.75, 3.05) is 11.6 Å². The molecule has 1 atom stereocenters. The van der Waals surface area contributed by atoms with E-state index in [2.05, 4.69) is 10.1 Å². The number of fused-ring (bicyclic) bond motifs is 1. The van der Waals surface area contributed by atoms with Crippen LogP contribution in [0.4, 0.5) is 5.69 Å². The average Bonchev–Trinajstić information content (AvgIpc) is 2.49. The number of nitrogens with one attached hydrogen (secondary N) is 2. The van der Waals surface area contributed by atoms with E-state index in [9.17, 15) is 23.4 Å². The van der Waals surface area contributed by atoms with Crippen molar-refractivity contribution in [1.82, 2.24) is 9.84 Å². The van der Waals surface area contributed by atoms with E-state index in [1.807, 2.05) is 0 Å². The van der Waals surface area contributed by atoms with Crippen LogP contribution in [0.3, 0.4) is 0 Å². The highest BCUT2D eigenvalue weighted by molar-refractivity contribution is 7.88. The van der Waals surface area contributed by atoms with Crippen LogP contribution >= 0.6 is 0 Å². The zero-order valence-electron chi connectivity index (χ0n) is 12.6. The molecule has 24 heavy (non-hydrogen) atoms. The van der Waals surface area contributed by atoms with Crippen LogP contribution in [0.15, 0.2) is 42.5 Å². The fourth-order valence-corrected chi connectivity index (χ4v) is 3.05. The minimum atomic E-state index is -3.74. The minimum absolute atomic E-state index is 0.151. The fraction of sp³-hybridized carbons (Fsp3) is 0.133. The van der Waals surface area contributed by atoms with E-state index >= 15 is 0 Å². The minimum Gasteiger partial charge on any atom is -0.508 e. The monoisotopic (exact) mass is 349 g/mol. The Labute approximate surface area is 138 Å². The highest BCUT2D eigenvalue weighted by Crippen LogP contribution is 2.36. The van der Waals surface area contributed by atoms with Crippen molar-refractivity contribution < 1.29 is 23.4 Å². The Bertz CT molecular complexity index is 913. The van der Waals surface area contributed by atoms with E-state index in [0.717, 1.165) is 17.3 Å². The molecule has 126 valence electrons. The van der Waals surface area contributed by atoms with Gasteiger partial charge in [-0.25, -0.2) is 13.4 Å². The summed E-state index contributed by atoms with van der Waals surface area (Å²) in [6.45, 7) is 0. The zero-order chi connectivity index (χ0) is 17.5. The predicted octanol–water partition coefficient (Wildman–Crippen LogP) is 1.13. The van der Waals surface area contributed by atoms with Crippen LogP contribution < -0.4 is 10.1 Å². The summed E-state index contributed by atoms with van der Waals surface area (Å²) in [5.74, 6) is -0.992. The standard InChI is InChI=1S/C15H15N3O5S/c1-24(22,23)17-18-14(11-7-6-9(19)8-13(11)20)16-12-5-3-2-4-10(12)15(18)21/h2-8,14,16-17,19-20H,1H3/t14-/m1/s1. The third-order valence-electron chi connectivity index (χ3n) is 3.50. The third kappa shape index (κ3) is 2.99. The van der Waals surface area contributed by atoms with E-state index in [1.54, 1.807) is 24.3 Å². The van der Waals surface area contributed by atoms with Crippen LogP contribution in [0.25, 0.3) is 0 Å². The number of phenols is 2. The number of phenolic OH excluding ortho intramolecular Hbond substituents is 2. The lowest BCUT2D eigenvalue weighted by Crippen LogP contribution is -2.52. The van der Waals surface area contributed by atoms with Gasteiger partial charge < -0.3 is 15.5 Å². The number of anilines is 1.